The van der Waals surface area contributed by atoms with E-state index in [1.165, 1.54) is 0 Å². The van der Waals surface area contributed by atoms with E-state index in [0.29, 0.717) is 36.0 Å². The SMILES string of the molecule is COc1cc(NC(=O)N2CCN(C)CC2)cc(OC)c1OC. The third kappa shape index (κ3) is 3.54. The van der Waals surface area contributed by atoms with Crippen LogP contribution in [0.1, 0.15) is 0 Å². The normalized spacial score (nSPS) is 15.4. The second kappa shape index (κ2) is 7.22. The minimum atomic E-state index is -0.123. The van der Waals surface area contributed by atoms with Crippen molar-refractivity contribution in [3.8, 4) is 17.2 Å². The van der Waals surface area contributed by atoms with Gasteiger partial charge in [-0.05, 0) is 7.05 Å². The second-order valence-electron chi connectivity index (χ2n) is 5.13. The van der Waals surface area contributed by atoms with E-state index in [4.69, 9.17) is 14.2 Å². The fourth-order valence-corrected chi connectivity index (χ4v) is 2.37. The van der Waals surface area contributed by atoms with Gasteiger partial charge in [-0.3, -0.25) is 0 Å². The predicted octanol–water partition coefficient (Wildman–Crippen LogP) is 1.49. The standard InChI is InChI=1S/C15H23N3O4/c1-17-5-7-18(8-6-17)15(19)16-11-9-12(20-2)14(22-4)13(10-11)21-3/h9-10H,5-8H2,1-4H3,(H,16,19). The van der Waals surface area contributed by atoms with Gasteiger partial charge in [-0.1, -0.05) is 0 Å². The summed E-state index contributed by atoms with van der Waals surface area (Å²) in [5.41, 5.74) is 0.610. The van der Waals surface area contributed by atoms with Gasteiger partial charge in [-0.15, -0.1) is 0 Å². The van der Waals surface area contributed by atoms with Crippen molar-refractivity contribution in [3.05, 3.63) is 12.1 Å². The van der Waals surface area contributed by atoms with Crippen LogP contribution < -0.4 is 19.5 Å². The average molecular weight is 309 g/mol. The molecule has 0 bridgehead atoms. The highest BCUT2D eigenvalue weighted by molar-refractivity contribution is 5.90. The van der Waals surface area contributed by atoms with E-state index >= 15 is 0 Å². The van der Waals surface area contributed by atoms with Crippen LogP contribution in [0.5, 0.6) is 17.2 Å². The summed E-state index contributed by atoms with van der Waals surface area (Å²) < 4.78 is 15.8. The molecular weight excluding hydrogens is 286 g/mol. The van der Waals surface area contributed by atoms with Crippen molar-refractivity contribution in [2.45, 2.75) is 0 Å². The molecule has 1 N–H and O–H groups in total. The molecule has 0 atom stereocenters. The smallest absolute Gasteiger partial charge is 0.321 e. The van der Waals surface area contributed by atoms with Gasteiger partial charge in [0, 0.05) is 38.3 Å². The number of piperazine rings is 1. The van der Waals surface area contributed by atoms with E-state index in [2.05, 4.69) is 17.3 Å². The van der Waals surface area contributed by atoms with Crippen LogP contribution in [0.25, 0.3) is 0 Å². The number of carbonyl (C=O) groups is 1. The molecule has 122 valence electrons. The molecule has 1 saturated heterocycles. The lowest BCUT2D eigenvalue weighted by Crippen LogP contribution is -2.48. The Balaban J connectivity index is 2.13. The number of nitrogens with zero attached hydrogens (tertiary/aromatic N) is 2. The molecular formula is C15H23N3O4. The van der Waals surface area contributed by atoms with Gasteiger partial charge in [0.05, 0.1) is 27.0 Å². The highest BCUT2D eigenvalue weighted by Crippen LogP contribution is 2.39. The molecule has 1 heterocycles. The summed E-state index contributed by atoms with van der Waals surface area (Å²) in [7, 11) is 6.68. The van der Waals surface area contributed by atoms with E-state index in [1.54, 1.807) is 38.4 Å². The molecule has 7 heteroatoms. The topological polar surface area (TPSA) is 63.3 Å². The number of anilines is 1. The lowest BCUT2D eigenvalue weighted by Gasteiger charge is -2.32. The fraction of sp³-hybridized carbons (Fsp3) is 0.533. The number of ether oxygens (including phenoxy) is 3. The summed E-state index contributed by atoms with van der Waals surface area (Å²) in [6.45, 7) is 3.19. The zero-order chi connectivity index (χ0) is 16.1. The Bertz CT molecular complexity index is 503. The maximum absolute atomic E-state index is 12.3. The van der Waals surface area contributed by atoms with Crippen molar-refractivity contribution >= 4 is 11.7 Å². The van der Waals surface area contributed by atoms with Gasteiger partial charge in [0.15, 0.2) is 11.5 Å². The summed E-state index contributed by atoms with van der Waals surface area (Å²) in [5.74, 6) is 1.52. The van der Waals surface area contributed by atoms with Gasteiger partial charge in [0.1, 0.15) is 0 Å². The van der Waals surface area contributed by atoms with E-state index in [0.717, 1.165) is 13.1 Å². The Labute approximate surface area is 130 Å². The summed E-state index contributed by atoms with van der Waals surface area (Å²) >= 11 is 0. The Kier molecular flexibility index (Phi) is 5.32. The van der Waals surface area contributed by atoms with Gasteiger partial charge in [0.2, 0.25) is 5.75 Å². The minimum absolute atomic E-state index is 0.123. The van der Waals surface area contributed by atoms with Gasteiger partial charge in [-0.25, -0.2) is 4.79 Å². The number of rotatable bonds is 4. The summed E-state index contributed by atoms with van der Waals surface area (Å²) in [6, 6.07) is 3.31. The zero-order valence-electron chi connectivity index (χ0n) is 13.5. The first-order chi connectivity index (χ1) is 10.6. The van der Waals surface area contributed by atoms with E-state index < -0.39 is 0 Å². The number of methoxy groups -OCH3 is 3. The van der Waals surface area contributed by atoms with Crippen LogP contribution in [0.2, 0.25) is 0 Å². The van der Waals surface area contributed by atoms with Crippen molar-refractivity contribution in [2.75, 3.05) is 59.9 Å². The maximum Gasteiger partial charge on any atom is 0.321 e. The first kappa shape index (κ1) is 16.2. The van der Waals surface area contributed by atoms with Gasteiger partial charge >= 0.3 is 6.03 Å². The van der Waals surface area contributed by atoms with Crippen LogP contribution in [0.3, 0.4) is 0 Å². The highest BCUT2D eigenvalue weighted by Gasteiger charge is 2.20. The van der Waals surface area contributed by atoms with Crippen molar-refractivity contribution in [1.29, 1.82) is 0 Å². The maximum atomic E-state index is 12.3. The molecule has 0 aromatic heterocycles. The Morgan fingerprint density at radius 1 is 1.00 bits per heavy atom. The van der Waals surface area contributed by atoms with Crippen LogP contribution in [0, 0.1) is 0 Å². The predicted molar refractivity (Wildman–Crippen MR) is 84.2 cm³/mol. The first-order valence-electron chi connectivity index (χ1n) is 7.13. The summed E-state index contributed by atoms with van der Waals surface area (Å²) in [6.07, 6.45) is 0. The average Bonchev–Trinajstić information content (AvgIpc) is 2.54. The molecule has 0 unspecified atom stereocenters. The Morgan fingerprint density at radius 3 is 2.00 bits per heavy atom. The van der Waals surface area contributed by atoms with Crippen molar-refractivity contribution in [3.63, 3.8) is 0 Å². The van der Waals surface area contributed by atoms with Crippen LogP contribution in [0.15, 0.2) is 12.1 Å². The van der Waals surface area contributed by atoms with Crippen LogP contribution in [-0.4, -0.2) is 70.4 Å². The van der Waals surface area contributed by atoms with Crippen molar-refractivity contribution in [2.24, 2.45) is 0 Å². The first-order valence-corrected chi connectivity index (χ1v) is 7.13. The third-order valence-corrected chi connectivity index (χ3v) is 3.71. The van der Waals surface area contributed by atoms with Gasteiger partial charge in [-0.2, -0.15) is 0 Å². The van der Waals surface area contributed by atoms with Crippen molar-refractivity contribution < 1.29 is 19.0 Å². The lowest BCUT2D eigenvalue weighted by atomic mass is 10.2. The lowest BCUT2D eigenvalue weighted by molar-refractivity contribution is 0.164. The molecule has 0 radical (unpaired) electrons. The number of nitrogens with one attached hydrogen (secondary N) is 1. The quantitative estimate of drug-likeness (QED) is 0.913. The number of hydrogen-bond donors (Lipinski definition) is 1. The molecule has 0 aliphatic carbocycles. The largest absolute Gasteiger partial charge is 0.493 e. The number of urea groups is 1. The number of hydrogen-bond acceptors (Lipinski definition) is 5. The van der Waals surface area contributed by atoms with Crippen LogP contribution in [-0.2, 0) is 0 Å². The van der Waals surface area contributed by atoms with Crippen LogP contribution in [0.4, 0.5) is 10.5 Å². The van der Waals surface area contributed by atoms with Crippen molar-refractivity contribution in [1.82, 2.24) is 9.80 Å². The monoisotopic (exact) mass is 309 g/mol. The molecule has 1 aromatic rings. The molecule has 22 heavy (non-hydrogen) atoms. The molecule has 7 nitrogen and oxygen atoms in total. The Morgan fingerprint density at radius 2 is 1.55 bits per heavy atom. The number of benzene rings is 1. The number of carbonyl (C=O) groups excluding carboxylic acids is 1. The molecule has 1 aliphatic rings. The van der Waals surface area contributed by atoms with E-state index in [1.807, 2.05) is 0 Å². The molecule has 0 saturated carbocycles. The number of amides is 2. The zero-order valence-corrected chi connectivity index (χ0v) is 13.5. The highest BCUT2D eigenvalue weighted by atomic mass is 16.5. The molecule has 2 amide bonds. The van der Waals surface area contributed by atoms with E-state index in [9.17, 15) is 4.79 Å². The Hall–Kier alpha value is -2.15. The summed E-state index contributed by atoms with van der Waals surface area (Å²) in [4.78, 5) is 16.3. The van der Waals surface area contributed by atoms with Crippen LogP contribution >= 0.6 is 0 Å². The number of likely N-dealkylation sites (N-methyl/N-ethyl adjacent to an activating group) is 1. The minimum Gasteiger partial charge on any atom is -0.493 e. The molecule has 2 rings (SSSR count). The second-order valence-corrected chi connectivity index (χ2v) is 5.13. The van der Waals surface area contributed by atoms with Gasteiger partial charge in [0.25, 0.3) is 0 Å². The third-order valence-electron chi connectivity index (χ3n) is 3.71. The molecule has 0 spiro atoms. The fourth-order valence-electron chi connectivity index (χ4n) is 2.37. The molecule has 1 fully saturated rings. The van der Waals surface area contributed by atoms with E-state index in [-0.39, 0.29) is 6.03 Å². The molecule has 1 aromatic carbocycles. The molecule has 1 aliphatic heterocycles. The van der Waals surface area contributed by atoms with Gasteiger partial charge < -0.3 is 29.3 Å². The summed E-state index contributed by atoms with van der Waals surface area (Å²) in [5, 5.41) is 2.88.